The van der Waals surface area contributed by atoms with Gasteiger partial charge in [-0.1, -0.05) is 17.7 Å². The molecule has 3 heteroatoms. The minimum absolute atomic E-state index is 0.0206. The maximum atomic E-state index is 8.67. The Kier molecular flexibility index (Phi) is 5.29. The second-order valence-electron chi connectivity index (χ2n) is 4.11. The number of benzene rings is 1. The molecule has 1 atom stereocenters. The Balaban J connectivity index is 2.64. The molecule has 0 heterocycles. The quantitative estimate of drug-likeness (QED) is 0.727. The fraction of sp³-hybridized carbons (Fsp3) is 0.538. The van der Waals surface area contributed by atoms with Crippen LogP contribution in [-0.2, 0) is 0 Å². The highest BCUT2D eigenvalue weighted by molar-refractivity contribution is 5.38. The van der Waals surface area contributed by atoms with E-state index in [2.05, 4.69) is 6.07 Å². The first kappa shape index (κ1) is 13.0. The molecule has 0 bridgehead atoms. The van der Waals surface area contributed by atoms with E-state index in [0.29, 0.717) is 6.61 Å². The van der Waals surface area contributed by atoms with Gasteiger partial charge in [0, 0.05) is 18.2 Å². The van der Waals surface area contributed by atoms with Crippen molar-refractivity contribution >= 4 is 0 Å². The molecule has 0 aliphatic heterocycles. The minimum Gasteiger partial charge on any atom is -0.493 e. The first-order valence-electron chi connectivity index (χ1n) is 5.75. The molecule has 0 aliphatic carbocycles. The zero-order chi connectivity index (χ0) is 12.0. The van der Waals surface area contributed by atoms with Crippen LogP contribution in [0.15, 0.2) is 18.2 Å². The lowest BCUT2D eigenvalue weighted by molar-refractivity contribution is 0.252. The summed E-state index contributed by atoms with van der Waals surface area (Å²) in [5, 5.41) is 8.67. The molecule has 1 rings (SSSR count). The van der Waals surface area contributed by atoms with Crippen molar-refractivity contribution in [2.75, 3.05) is 13.2 Å². The highest BCUT2D eigenvalue weighted by Crippen LogP contribution is 2.25. The van der Waals surface area contributed by atoms with Crippen LogP contribution in [0.4, 0.5) is 0 Å². The zero-order valence-electron chi connectivity index (χ0n) is 10.1. The molecule has 90 valence electrons. The number of aliphatic hydroxyl groups excluding tert-OH is 1. The maximum absolute atomic E-state index is 8.67. The summed E-state index contributed by atoms with van der Waals surface area (Å²) in [5.41, 5.74) is 8.13. The van der Waals surface area contributed by atoms with E-state index < -0.39 is 0 Å². The third-order valence-corrected chi connectivity index (χ3v) is 2.47. The predicted molar refractivity (Wildman–Crippen MR) is 65.6 cm³/mol. The molecule has 0 aromatic heterocycles. The highest BCUT2D eigenvalue weighted by atomic mass is 16.5. The molecule has 1 aromatic rings. The van der Waals surface area contributed by atoms with Gasteiger partial charge in [0.1, 0.15) is 5.75 Å². The standard InChI is InChI=1S/C13H21NO2/c1-10-5-6-13(12(9-10)11(2)14)16-8-4-3-7-15/h5-6,9,11,15H,3-4,7-8,14H2,1-2H3/t11-/m1/s1. The van der Waals surface area contributed by atoms with Gasteiger partial charge >= 0.3 is 0 Å². The topological polar surface area (TPSA) is 55.5 Å². The zero-order valence-corrected chi connectivity index (χ0v) is 10.1. The molecule has 0 saturated carbocycles. The van der Waals surface area contributed by atoms with Crippen molar-refractivity contribution in [1.82, 2.24) is 0 Å². The molecular formula is C13H21NO2. The van der Waals surface area contributed by atoms with Gasteiger partial charge < -0.3 is 15.6 Å². The number of ether oxygens (including phenoxy) is 1. The summed E-state index contributed by atoms with van der Waals surface area (Å²) in [5.74, 6) is 0.860. The van der Waals surface area contributed by atoms with Crippen LogP contribution in [0, 0.1) is 6.92 Å². The summed E-state index contributed by atoms with van der Waals surface area (Å²) in [6.45, 7) is 4.84. The summed E-state index contributed by atoms with van der Waals surface area (Å²) in [4.78, 5) is 0. The highest BCUT2D eigenvalue weighted by Gasteiger charge is 2.07. The van der Waals surface area contributed by atoms with Gasteiger partial charge in [0.2, 0.25) is 0 Å². The third-order valence-electron chi connectivity index (χ3n) is 2.47. The summed E-state index contributed by atoms with van der Waals surface area (Å²) in [6.07, 6.45) is 1.64. The van der Waals surface area contributed by atoms with E-state index in [1.165, 1.54) is 5.56 Å². The van der Waals surface area contributed by atoms with Gasteiger partial charge in [-0.05, 0) is 32.8 Å². The van der Waals surface area contributed by atoms with Crippen LogP contribution in [-0.4, -0.2) is 18.3 Å². The SMILES string of the molecule is Cc1ccc(OCCCCO)c([C@@H](C)N)c1. The van der Waals surface area contributed by atoms with Crippen molar-refractivity contribution in [3.8, 4) is 5.75 Å². The lowest BCUT2D eigenvalue weighted by Crippen LogP contribution is -2.09. The molecule has 0 aliphatic rings. The van der Waals surface area contributed by atoms with Gasteiger partial charge in [-0.15, -0.1) is 0 Å². The third kappa shape index (κ3) is 3.83. The van der Waals surface area contributed by atoms with Gasteiger partial charge in [0.25, 0.3) is 0 Å². The van der Waals surface area contributed by atoms with Crippen LogP contribution in [0.25, 0.3) is 0 Å². The lowest BCUT2D eigenvalue weighted by atomic mass is 10.1. The van der Waals surface area contributed by atoms with Crippen LogP contribution in [0.1, 0.15) is 36.9 Å². The molecule has 0 amide bonds. The lowest BCUT2D eigenvalue weighted by Gasteiger charge is -2.14. The van der Waals surface area contributed by atoms with Crippen molar-refractivity contribution < 1.29 is 9.84 Å². The fourth-order valence-corrected chi connectivity index (χ4v) is 1.55. The summed E-state index contributed by atoms with van der Waals surface area (Å²) in [7, 11) is 0. The number of aryl methyl sites for hydroxylation is 1. The van der Waals surface area contributed by atoms with E-state index in [4.69, 9.17) is 15.6 Å². The van der Waals surface area contributed by atoms with E-state index in [9.17, 15) is 0 Å². The van der Waals surface area contributed by atoms with Crippen molar-refractivity contribution in [2.45, 2.75) is 32.7 Å². The Morgan fingerprint density at radius 1 is 1.38 bits per heavy atom. The van der Waals surface area contributed by atoms with Crippen molar-refractivity contribution in [1.29, 1.82) is 0 Å². The number of hydrogen-bond acceptors (Lipinski definition) is 3. The van der Waals surface area contributed by atoms with Gasteiger partial charge in [-0.25, -0.2) is 0 Å². The van der Waals surface area contributed by atoms with Gasteiger partial charge in [-0.2, -0.15) is 0 Å². The Labute approximate surface area is 97.2 Å². The smallest absolute Gasteiger partial charge is 0.124 e. The van der Waals surface area contributed by atoms with E-state index in [-0.39, 0.29) is 12.6 Å². The van der Waals surface area contributed by atoms with Crippen LogP contribution < -0.4 is 10.5 Å². The summed E-state index contributed by atoms with van der Waals surface area (Å²) < 4.78 is 5.66. The second-order valence-corrected chi connectivity index (χ2v) is 4.11. The first-order chi connectivity index (χ1) is 7.65. The van der Waals surface area contributed by atoms with Crippen LogP contribution >= 0.6 is 0 Å². The largest absolute Gasteiger partial charge is 0.493 e. The molecule has 3 N–H and O–H groups in total. The van der Waals surface area contributed by atoms with Crippen LogP contribution in [0.3, 0.4) is 0 Å². The average molecular weight is 223 g/mol. The number of unbranched alkanes of at least 4 members (excludes halogenated alkanes) is 1. The van der Waals surface area contributed by atoms with Crippen molar-refractivity contribution in [3.63, 3.8) is 0 Å². The monoisotopic (exact) mass is 223 g/mol. The second kappa shape index (κ2) is 6.51. The first-order valence-corrected chi connectivity index (χ1v) is 5.75. The minimum atomic E-state index is -0.0206. The van der Waals surface area contributed by atoms with Gasteiger partial charge in [0.05, 0.1) is 6.61 Å². The number of aliphatic hydroxyl groups is 1. The fourth-order valence-electron chi connectivity index (χ4n) is 1.55. The summed E-state index contributed by atoms with van der Waals surface area (Å²) in [6, 6.07) is 6.03. The van der Waals surface area contributed by atoms with Gasteiger partial charge in [0.15, 0.2) is 0 Å². The molecule has 0 saturated heterocycles. The van der Waals surface area contributed by atoms with E-state index >= 15 is 0 Å². The summed E-state index contributed by atoms with van der Waals surface area (Å²) >= 11 is 0. The Bertz CT molecular complexity index is 324. The van der Waals surface area contributed by atoms with Crippen molar-refractivity contribution in [3.05, 3.63) is 29.3 Å². The molecule has 3 nitrogen and oxygen atoms in total. The van der Waals surface area contributed by atoms with Gasteiger partial charge in [-0.3, -0.25) is 0 Å². The van der Waals surface area contributed by atoms with E-state index in [0.717, 1.165) is 24.2 Å². The molecule has 0 radical (unpaired) electrons. The van der Waals surface area contributed by atoms with E-state index in [1.54, 1.807) is 0 Å². The van der Waals surface area contributed by atoms with Crippen LogP contribution in [0.2, 0.25) is 0 Å². The normalized spacial score (nSPS) is 12.5. The predicted octanol–water partition coefficient (Wildman–Crippen LogP) is 2.17. The Hall–Kier alpha value is -1.06. The molecular weight excluding hydrogens is 202 g/mol. The molecule has 0 fully saturated rings. The maximum Gasteiger partial charge on any atom is 0.124 e. The number of rotatable bonds is 6. The van der Waals surface area contributed by atoms with E-state index in [1.807, 2.05) is 26.0 Å². The molecule has 16 heavy (non-hydrogen) atoms. The van der Waals surface area contributed by atoms with Crippen LogP contribution in [0.5, 0.6) is 5.75 Å². The Morgan fingerprint density at radius 3 is 2.75 bits per heavy atom. The molecule has 1 aromatic carbocycles. The Morgan fingerprint density at radius 2 is 2.12 bits per heavy atom. The number of nitrogens with two attached hydrogens (primary N) is 1. The molecule has 0 unspecified atom stereocenters. The number of hydrogen-bond donors (Lipinski definition) is 2. The molecule has 0 spiro atoms. The average Bonchev–Trinajstić information content (AvgIpc) is 2.26. The van der Waals surface area contributed by atoms with Crippen molar-refractivity contribution in [2.24, 2.45) is 5.73 Å².